The van der Waals surface area contributed by atoms with E-state index in [1.165, 1.54) is 39.8 Å². The van der Waals surface area contributed by atoms with Crippen LogP contribution in [0.15, 0.2) is 48.5 Å². The lowest BCUT2D eigenvalue weighted by molar-refractivity contribution is 0.901. The smallest absolute Gasteiger partial charge is 0.0714 e. The molecular formula is C19H17N. The summed E-state index contributed by atoms with van der Waals surface area (Å²) in [6.45, 7) is 2.19. The van der Waals surface area contributed by atoms with Crippen LogP contribution in [-0.4, -0.2) is 4.98 Å². The number of pyridine rings is 1. The Labute approximate surface area is 119 Å². The Morgan fingerprint density at radius 2 is 1.75 bits per heavy atom. The highest BCUT2D eigenvalue weighted by atomic mass is 14.7. The van der Waals surface area contributed by atoms with Gasteiger partial charge in [0.15, 0.2) is 0 Å². The van der Waals surface area contributed by atoms with Crippen molar-refractivity contribution in [3.8, 4) is 11.1 Å². The predicted molar refractivity (Wildman–Crippen MR) is 83.9 cm³/mol. The first-order valence-corrected chi connectivity index (χ1v) is 7.31. The first-order valence-electron chi connectivity index (χ1n) is 7.31. The molecule has 0 fully saturated rings. The normalized spacial score (nSPS) is 13.7. The number of benzene rings is 2. The van der Waals surface area contributed by atoms with Crippen LogP contribution in [0, 0.1) is 6.92 Å². The zero-order valence-corrected chi connectivity index (χ0v) is 11.7. The number of fused-ring (bicyclic) bond motifs is 2. The quantitative estimate of drug-likeness (QED) is 0.617. The number of aryl methyl sites for hydroxylation is 2. The molecule has 1 aromatic heterocycles. The second-order valence-corrected chi connectivity index (χ2v) is 5.60. The van der Waals surface area contributed by atoms with E-state index in [4.69, 9.17) is 4.98 Å². The number of hydrogen-bond donors (Lipinski definition) is 0. The van der Waals surface area contributed by atoms with Crippen molar-refractivity contribution in [3.63, 3.8) is 0 Å². The Hall–Kier alpha value is -2.15. The van der Waals surface area contributed by atoms with Crippen molar-refractivity contribution >= 4 is 10.9 Å². The molecule has 1 aliphatic carbocycles. The van der Waals surface area contributed by atoms with Gasteiger partial charge in [-0.3, -0.25) is 4.98 Å². The van der Waals surface area contributed by atoms with E-state index in [0.717, 1.165) is 18.4 Å². The van der Waals surface area contributed by atoms with Gasteiger partial charge in [0.05, 0.1) is 5.52 Å². The summed E-state index contributed by atoms with van der Waals surface area (Å²) >= 11 is 0. The van der Waals surface area contributed by atoms with Crippen molar-refractivity contribution in [3.05, 3.63) is 65.4 Å². The predicted octanol–water partition coefficient (Wildman–Crippen LogP) is 4.70. The first-order chi connectivity index (χ1) is 9.84. The SMILES string of the molecule is Cc1cccc2nc3c(c(-c4ccccc4)c12)CCC3. The first kappa shape index (κ1) is 11.7. The van der Waals surface area contributed by atoms with Crippen LogP contribution in [0.2, 0.25) is 0 Å². The standard InChI is InChI=1S/C19H17N/c1-13-7-5-12-17-18(13)19(14-8-3-2-4-9-14)15-10-6-11-16(15)20-17/h2-5,7-9,12H,6,10-11H2,1H3. The van der Waals surface area contributed by atoms with Gasteiger partial charge in [-0.2, -0.15) is 0 Å². The monoisotopic (exact) mass is 259 g/mol. The summed E-state index contributed by atoms with van der Waals surface area (Å²) in [5.41, 5.74) is 7.99. The van der Waals surface area contributed by atoms with Gasteiger partial charge in [-0.1, -0.05) is 42.5 Å². The van der Waals surface area contributed by atoms with Crippen molar-refractivity contribution < 1.29 is 0 Å². The van der Waals surface area contributed by atoms with Crippen molar-refractivity contribution in [1.82, 2.24) is 4.98 Å². The largest absolute Gasteiger partial charge is 0.253 e. The molecule has 20 heavy (non-hydrogen) atoms. The van der Waals surface area contributed by atoms with Gasteiger partial charge >= 0.3 is 0 Å². The topological polar surface area (TPSA) is 12.9 Å². The molecule has 0 atom stereocenters. The van der Waals surface area contributed by atoms with Crippen molar-refractivity contribution in [2.75, 3.05) is 0 Å². The van der Waals surface area contributed by atoms with Crippen molar-refractivity contribution in [1.29, 1.82) is 0 Å². The molecule has 1 aliphatic rings. The zero-order chi connectivity index (χ0) is 13.5. The van der Waals surface area contributed by atoms with Crippen molar-refractivity contribution in [2.45, 2.75) is 26.2 Å². The van der Waals surface area contributed by atoms with Crippen LogP contribution in [0.3, 0.4) is 0 Å². The van der Waals surface area contributed by atoms with E-state index in [1.807, 2.05) is 0 Å². The van der Waals surface area contributed by atoms with E-state index in [-0.39, 0.29) is 0 Å². The van der Waals surface area contributed by atoms with Crippen LogP contribution in [0.4, 0.5) is 0 Å². The third kappa shape index (κ3) is 1.66. The van der Waals surface area contributed by atoms with Crippen LogP contribution in [0.25, 0.3) is 22.0 Å². The van der Waals surface area contributed by atoms with Gasteiger partial charge in [-0.15, -0.1) is 0 Å². The van der Waals surface area contributed by atoms with E-state index >= 15 is 0 Å². The summed E-state index contributed by atoms with van der Waals surface area (Å²) in [5, 5.41) is 1.33. The summed E-state index contributed by atoms with van der Waals surface area (Å²) < 4.78 is 0. The Morgan fingerprint density at radius 1 is 0.900 bits per heavy atom. The van der Waals surface area contributed by atoms with E-state index in [2.05, 4.69) is 55.5 Å². The molecule has 0 saturated heterocycles. The molecule has 1 heterocycles. The Bertz CT molecular complexity index is 788. The third-order valence-electron chi connectivity index (χ3n) is 4.31. The Balaban J connectivity index is 2.17. The highest BCUT2D eigenvalue weighted by molar-refractivity contribution is 5.99. The average molecular weight is 259 g/mol. The van der Waals surface area contributed by atoms with Crippen molar-refractivity contribution in [2.24, 2.45) is 0 Å². The fourth-order valence-electron chi connectivity index (χ4n) is 3.41. The summed E-state index contributed by atoms with van der Waals surface area (Å²) in [4.78, 5) is 4.90. The summed E-state index contributed by atoms with van der Waals surface area (Å²) in [6, 6.07) is 17.2. The molecule has 0 N–H and O–H groups in total. The lowest BCUT2D eigenvalue weighted by atomic mass is 9.92. The van der Waals surface area contributed by atoms with Gasteiger partial charge in [0.2, 0.25) is 0 Å². The van der Waals surface area contributed by atoms with E-state index in [9.17, 15) is 0 Å². The highest BCUT2D eigenvalue weighted by Crippen LogP contribution is 2.38. The molecule has 4 rings (SSSR count). The lowest BCUT2D eigenvalue weighted by Crippen LogP contribution is -1.96. The molecule has 3 aromatic rings. The van der Waals surface area contributed by atoms with Gasteiger partial charge in [-0.05, 0) is 54.5 Å². The van der Waals surface area contributed by atoms with Crippen LogP contribution < -0.4 is 0 Å². The van der Waals surface area contributed by atoms with Gasteiger partial charge in [-0.25, -0.2) is 0 Å². The maximum Gasteiger partial charge on any atom is 0.0714 e. The maximum atomic E-state index is 4.90. The molecule has 0 aliphatic heterocycles. The minimum absolute atomic E-state index is 1.12. The highest BCUT2D eigenvalue weighted by Gasteiger charge is 2.21. The molecule has 0 saturated carbocycles. The third-order valence-corrected chi connectivity index (χ3v) is 4.31. The molecular weight excluding hydrogens is 242 g/mol. The van der Waals surface area contributed by atoms with E-state index in [1.54, 1.807) is 0 Å². The molecule has 2 aromatic carbocycles. The van der Waals surface area contributed by atoms with E-state index in [0.29, 0.717) is 0 Å². The second-order valence-electron chi connectivity index (χ2n) is 5.60. The number of aromatic nitrogens is 1. The minimum atomic E-state index is 1.12. The zero-order valence-electron chi connectivity index (χ0n) is 11.7. The second kappa shape index (κ2) is 4.45. The maximum absolute atomic E-state index is 4.90. The number of rotatable bonds is 1. The number of nitrogens with zero attached hydrogens (tertiary/aromatic N) is 1. The summed E-state index contributed by atoms with van der Waals surface area (Å²) in [6.07, 6.45) is 3.52. The lowest BCUT2D eigenvalue weighted by Gasteiger charge is -2.14. The van der Waals surface area contributed by atoms with Gasteiger partial charge in [0.25, 0.3) is 0 Å². The van der Waals surface area contributed by atoms with Gasteiger partial charge in [0, 0.05) is 11.1 Å². The molecule has 0 unspecified atom stereocenters. The van der Waals surface area contributed by atoms with Crippen LogP contribution >= 0.6 is 0 Å². The fraction of sp³-hybridized carbons (Fsp3) is 0.211. The molecule has 98 valence electrons. The van der Waals surface area contributed by atoms with Gasteiger partial charge in [0.1, 0.15) is 0 Å². The van der Waals surface area contributed by atoms with Gasteiger partial charge < -0.3 is 0 Å². The number of hydrogen-bond acceptors (Lipinski definition) is 1. The van der Waals surface area contributed by atoms with Crippen LogP contribution in [0.5, 0.6) is 0 Å². The van der Waals surface area contributed by atoms with Crippen LogP contribution in [-0.2, 0) is 12.8 Å². The van der Waals surface area contributed by atoms with Crippen LogP contribution in [0.1, 0.15) is 23.2 Å². The molecule has 0 spiro atoms. The fourth-order valence-corrected chi connectivity index (χ4v) is 3.41. The van der Waals surface area contributed by atoms with E-state index < -0.39 is 0 Å². The molecule has 0 bridgehead atoms. The average Bonchev–Trinajstić information content (AvgIpc) is 2.94. The minimum Gasteiger partial charge on any atom is -0.253 e. The summed E-state index contributed by atoms with van der Waals surface area (Å²) in [5.74, 6) is 0. The molecule has 1 nitrogen and oxygen atoms in total. The summed E-state index contributed by atoms with van der Waals surface area (Å²) in [7, 11) is 0. The Kier molecular flexibility index (Phi) is 2.59. The Morgan fingerprint density at radius 3 is 2.60 bits per heavy atom. The molecule has 0 amide bonds. The molecule has 0 radical (unpaired) electrons. The molecule has 1 heteroatoms.